The van der Waals surface area contributed by atoms with Crippen LogP contribution in [-0.4, -0.2) is 17.5 Å². The van der Waals surface area contributed by atoms with Crippen LogP contribution in [0.25, 0.3) is 0 Å². The zero-order valence-corrected chi connectivity index (χ0v) is 11.5. The van der Waals surface area contributed by atoms with Crippen LogP contribution in [0, 0.1) is 29.1 Å². The van der Waals surface area contributed by atoms with E-state index in [2.05, 4.69) is 6.92 Å². The molecule has 0 aliphatic heterocycles. The van der Waals surface area contributed by atoms with Crippen LogP contribution < -0.4 is 0 Å². The van der Waals surface area contributed by atoms with Gasteiger partial charge in [-0.15, -0.1) is 0 Å². The topological polar surface area (TPSA) is 37.3 Å². The van der Waals surface area contributed by atoms with Gasteiger partial charge >= 0.3 is 0 Å². The third-order valence-electron chi connectivity index (χ3n) is 6.38. The van der Waals surface area contributed by atoms with E-state index >= 15 is 0 Å². The molecule has 3 saturated carbocycles. The minimum Gasteiger partial charge on any atom is -0.396 e. The first-order chi connectivity index (χ1) is 8.65. The summed E-state index contributed by atoms with van der Waals surface area (Å²) < 4.78 is 0. The number of aliphatic hydroxyl groups excluding tert-OH is 1. The highest BCUT2D eigenvalue weighted by molar-refractivity contribution is 5.87. The average Bonchev–Trinajstić information content (AvgIpc) is 2.67. The van der Waals surface area contributed by atoms with E-state index in [1.54, 1.807) is 0 Å². The Balaban J connectivity index is 1.73. The van der Waals surface area contributed by atoms with Crippen LogP contribution >= 0.6 is 0 Å². The Morgan fingerprint density at radius 1 is 1.28 bits per heavy atom. The maximum absolute atomic E-state index is 12.1. The Bertz CT molecular complexity index is 338. The SMILES string of the molecule is C[C@]12CC[C@@H]3C[C@@H](CCO)CC[C@H]3[C@@H]1CCC2=O. The summed E-state index contributed by atoms with van der Waals surface area (Å²) in [5.74, 6) is 3.63. The first-order valence-electron chi connectivity index (χ1n) is 7.79. The zero-order chi connectivity index (χ0) is 12.8. The molecule has 3 aliphatic carbocycles. The minimum absolute atomic E-state index is 0.0327. The van der Waals surface area contributed by atoms with Gasteiger partial charge in [0.1, 0.15) is 5.78 Å². The summed E-state index contributed by atoms with van der Waals surface area (Å²) in [5.41, 5.74) is 0.0327. The lowest BCUT2D eigenvalue weighted by Gasteiger charge is -2.49. The number of rotatable bonds is 2. The van der Waals surface area contributed by atoms with Crippen LogP contribution in [0.1, 0.15) is 58.3 Å². The van der Waals surface area contributed by atoms with Gasteiger partial charge in [-0.05, 0) is 62.2 Å². The Morgan fingerprint density at radius 2 is 2.11 bits per heavy atom. The number of aliphatic hydroxyl groups is 1. The fourth-order valence-corrected chi connectivity index (χ4v) is 5.29. The second-order valence-electron chi connectivity index (χ2n) is 7.14. The predicted octanol–water partition coefficient (Wildman–Crippen LogP) is 3.18. The molecule has 3 rings (SSSR count). The lowest BCUT2D eigenvalue weighted by atomic mass is 9.55. The van der Waals surface area contributed by atoms with Gasteiger partial charge in [0.25, 0.3) is 0 Å². The van der Waals surface area contributed by atoms with Gasteiger partial charge < -0.3 is 5.11 Å². The van der Waals surface area contributed by atoms with E-state index < -0.39 is 0 Å². The summed E-state index contributed by atoms with van der Waals surface area (Å²) in [4.78, 5) is 12.1. The molecule has 0 unspecified atom stereocenters. The average molecular weight is 250 g/mol. The van der Waals surface area contributed by atoms with E-state index in [4.69, 9.17) is 5.11 Å². The standard InChI is InChI=1S/C16H26O2/c1-16-8-6-12-10-11(7-9-17)2-3-13(12)14(16)4-5-15(16)18/h11-14,17H,2-10H2,1H3/t11-,12-,13-,14+,16+/m1/s1. The highest BCUT2D eigenvalue weighted by Gasteiger charge is 2.54. The van der Waals surface area contributed by atoms with Gasteiger partial charge in [0.15, 0.2) is 0 Å². The Hall–Kier alpha value is -0.370. The summed E-state index contributed by atoms with van der Waals surface area (Å²) in [5, 5.41) is 9.10. The predicted molar refractivity (Wildman–Crippen MR) is 71.1 cm³/mol. The highest BCUT2D eigenvalue weighted by atomic mass is 16.3. The molecule has 2 nitrogen and oxygen atoms in total. The van der Waals surface area contributed by atoms with Crippen molar-refractivity contribution >= 4 is 5.78 Å². The third-order valence-corrected chi connectivity index (χ3v) is 6.38. The first kappa shape index (κ1) is 12.7. The van der Waals surface area contributed by atoms with Crippen molar-refractivity contribution < 1.29 is 9.90 Å². The molecule has 3 aliphatic rings. The van der Waals surface area contributed by atoms with Gasteiger partial charge in [0.2, 0.25) is 0 Å². The minimum atomic E-state index is 0.0327. The van der Waals surface area contributed by atoms with Crippen molar-refractivity contribution in [3.8, 4) is 0 Å². The molecule has 0 aromatic rings. The second kappa shape index (κ2) is 4.63. The van der Waals surface area contributed by atoms with Crippen LogP contribution in [0.2, 0.25) is 0 Å². The maximum atomic E-state index is 12.1. The van der Waals surface area contributed by atoms with Crippen molar-refractivity contribution in [2.45, 2.75) is 58.3 Å². The fourth-order valence-electron chi connectivity index (χ4n) is 5.29. The number of hydrogen-bond donors (Lipinski definition) is 1. The number of carbonyl (C=O) groups is 1. The molecule has 2 heteroatoms. The molecule has 0 spiro atoms. The molecule has 5 atom stereocenters. The third kappa shape index (κ3) is 1.84. The van der Waals surface area contributed by atoms with Crippen molar-refractivity contribution in [1.82, 2.24) is 0 Å². The van der Waals surface area contributed by atoms with E-state index in [0.29, 0.717) is 18.3 Å². The molecule has 102 valence electrons. The van der Waals surface area contributed by atoms with Crippen LogP contribution in [0.5, 0.6) is 0 Å². The summed E-state index contributed by atoms with van der Waals surface area (Å²) in [7, 11) is 0. The highest BCUT2D eigenvalue weighted by Crippen LogP contribution is 2.58. The Labute approximate surface area is 110 Å². The molecule has 0 heterocycles. The smallest absolute Gasteiger partial charge is 0.139 e. The summed E-state index contributed by atoms with van der Waals surface area (Å²) >= 11 is 0. The number of fused-ring (bicyclic) bond motifs is 3. The second-order valence-corrected chi connectivity index (χ2v) is 7.14. The summed E-state index contributed by atoms with van der Waals surface area (Å²) in [6, 6.07) is 0. The number of Topliss-reactive ketones (excluding diaryl/α,β-unsaturated/α-hetero) is 1. The number of ketones is 1. The first-order valence-corrected chi connectivity index (χ1v) is 7.79. The van der Waals surface area contributed by atoms with Crippen molar-refractivity contribution in [2.75, 3.05) is 6.61 Å². The van der Waals surface area contributed by atoms with E-state index in [9.17, 15) is 4.79 Å². The molecular weight excluding hydrogens is 224 g/mol. The van der Waals surface area contributed by atoms with Crippen molar-refractivity contribution in [3.05, 3.63) is 0 Å². The lowest BCUT2D eigenvalue weighted by Crippen LogP contribution is -2.44. The van der Waals surface area contributed by atoms with Gasteiger partial charge in [-0.3, -0.25) is 4.79 Å². The molecule has 0 amide bonds. The van der Waals surface area contributed by atoms with E-state index in [1.165, 1.54) is 25.7 Å². The molecule has 0 bridgehead atoms. The normalized spacial score (nSPS) is 47.8. The quantitative estimate of drug-likeness (QED) is 0.817. The molecule has 0 aromatic carbocycles. The molecule has 0 radical (unpaired) electrons. The van der Waals surface area contributed by atoms with Crippen molar-refractivity contribution in [3.63, 3.8) is 0 Å². The van der Waals surface area contributed by atoms with E-state index in [-0.39, 0.29) is 5.41 Å². The van der Waals surface area contributed by atoms with Crippen LogP contribution in [-0.2, 0) is 4.79 Å². The molecule has 1 N–H and O–H groups in total. The van der Waals surface area contributed by atoms with Gasteiger partial charge in [-0.1, -0.05) is 13.3 Å². The van der Waals surface area contributed by atoms with Crippen molar-refractivity contribution in [2.24, 2.45) is 29.1 Å². The maximum Gasteiger partial charge on any atom is 0.139 e. The fraction of sp³-hybridized carbons (Fsp3) is 0.938. The van der Waals surface area contributed by atoms with Gasteiger partial charge in [0, 0.05) is 18.4 Å². The largest absolute Gasteiger partial charge is 0.396 e. The lowest BCUT2D eigenvalue weighted by molar-refractivity contribution is -0.130. The zero-order valence-electron chi connectivity index (χ0n) is 11.5. The number of hydrogen-bond acceptors (Lipinski definition) is 2. The van der Waals surface area contributed by atoms with Crippen LogP contribution in [0.4, 0.5) is 0 Å². The van der Waals surface area contributed by atoms with Crippen LogP contribution in [0.15, 0.2) is 0 Å². The molecule has 0 saturated heterocycles. The Kier molecular flexibility index (Phi) is 3.25. The molecule has 3 fully saturated rings. The van der Waals surface area contributed by atoms with E-state index in [1.807, 2.05) is 0 Å². The molecular formula is C16H26O2. The summed E-state index contributed by atoms with van der Waals surface area (Å²) in [6.45, 7) is 2.59. The van der Waals surface area contributed by atoms with Gasteiger partial charge in [-0.25, -0.2) is 0 Å². The molecule has 0 aromatic heterocycles. The van der Waals surface area contributed by atoms with Gasteiger partial charge in [0.05, 0.1) is 0 Å². The summed E-state index contributed by atoms with van der Waals surface area (Å²) in [6.07, 6.45) is 9.27. The number of carbonyl (C=O) groups excluding carboxylic acids is 1. The van der Waals surface area contributed by atoms with E-state index in [0.717, 1.165) is 43.4 Å². The van der Waals surface area contributed by atoms with Crippen molar-refractivity contribution in [1.29, 1.82) is 0 Å². The monoisotopic (exact) mass is 250 g/mol. The molecule has 18 heavy (non-hydrogen) atoms. The Morgan fingerprint density at radius 3 is 2.89 bits per heavy atom. The van der Waals surface area contributed by atoms with Crippen LogP contribution in [0.3, 0.4) is 0 Å². The van der Waals surface area contributed by atoms with Gasteiger partial charge in [-0.2, -0.15) is 0 Å².